The van der Waals surface area contributed by atoms with Gasteiger partial charge in [-0.15, -0.1) is 0 Å². The number of anilines is 1. The van der Waals surface area contributed by atoms with E-state index in [2.05, 4.69) is 17.6 Å². The zero-order valence-corrected chi connectivity index (χ0v) is 9.70. The summed E-state index contributed by atoms with van der Waals surface area (Å²) in [6.07, 6.45) is 0.971. The average molecular weight is 226 g/mol. The summed E-state index contributed by atoms with van der Waals surface area (Å²) in [5, 5.41) is 6.33. The highest BCUT2D eigenvalue weighted by atomic mass is 32.1. The minimum Gasteiger partial charge on any atom is -0.360 e. The van der Waals surface area contributed by atoms with Gasteiger partial charge < -0.3 is 10.6 Å². The first-order valence-corrected chi connectivity index (χ1v) is 5.36. The van der Waals surface area contributed by atoms with Crippen LogP contribution >= 0.6 is 12.2 Å². The molecular formula is C11H15FN2S. The van der Waals surface area contributed by atoms with Gasteiger partial charge >= 0.3 is 0 Å². The lowest BCUT2D eigenvalue weighted by molar-refractivity contribution is 0.629. The number of nitrogens with one attached hydrogen (secondary N) is 2. The second-order valence-electron chi connectivity index (χ2n) is 3.39. The van der Waals surface area contributed by atoms with E-state index in [1.807, 2.05) is 6.92 Å². The normalized spacial score (nSPS) is 11.9. The van der Waals surface area contributed by atoms with E-state index in [-0.39, 0.29) is 11.9 Å². The fraction of sp³-hybridized carbons (Fsp3) is 0.364. The van der Waals surface area contributed by atoms with Crippen molar-refractivity contribution in [1.82, 2.24) is 5.32 Å². The van der Waals surface area contributed by atoms with Crippen LogP contribution in [0, 0.1) is 5.82 Å². The third kappa shape index (κ3) is 3.83. The van der Waals surface area contributed by atoms with Gasteiger partial charge in [-0.3, -0.25) is 0 Å². The lowest BCUT2D eigenvalue weighted by Gasteiger charge is -2.15. The van der Waals surface area contributed by atoms with Crippen molar-refractivity contribution in [3.05, 3.63) is 30.1 Å². The van der Waals surface area contributed by atoms with E-state index in [0.717, 1.165) is 6.42 Å². The van der Waals surface area contributed by atoms with E-state index >= 15 is 0 Å². The molecule has 1 rings (SSSR count). The molecule has 15 heavy (non-hydrogen) atoms. The van der Waals surface area contributed by atoms with Crippen LogP contribution < -0.4 is 10.6 Å². The summed E-state index contributed by atoms with van der Waals surface area (Å²) < 4.78 is 13.2. The zero-order chi connectivity index (χ0) is 11.3. The average Bonchev–Trinajstić information content (AvgIpc) is 2.21. The molecule has 0 aliphatic rings. The number of rotatable bonds is 3. The lowest BCUT2D eigenvalue weighted by atomic mass is 10.3. The molecule has 2 nitrogen and oxygen atoms in total. The topological polar surface area (TPSA) is 24.1 Å². The quantitative estimate of drug-likeness (QED) is 0.775. The van der Waals surface area contributed by atoms with E-state index in [4.69, 9.17) is 12.2 Å². The summed E-state index contributed by atoms with van der Waals surface area (Å²) in [6.45, 7) is 4.08. The standard InChI is InChI=1S/C11H15FN2S/c1-3-8(2)13-11(15)14-10-7-5-4-6-9(10)12/h4-8H,3H2,1-2H3,(H2,13,14,15)/t8-/m1/s1. The highest BCUT2D eigenvalue weighted by molar-refractivity contribution is 7.80. The van der Waals surface area contributed by atoms with Crippen LogP contribution in [0.2, 0.25) is 0 Å². The summed E-state index contributed by atoms with van der Waals surface area (Å²) >= 11 is 5.05. The highest BCUT2D eigenvalue weighted by Crippen LogP contribution is 2.11. The molecule has 0 saturated heterocycles. The van der Waals surface area contributed by atoms with Crippen LogP contribution in [0.3, 0.4) is 0 Å². The number of hydrogen-bond acceptors (Lipinski definition) is 1. The first kappa shape index (κ1) is 11.9. The number of benzene rings is 1. The van der Waals surface area contributed by atoms with Gasteiger partial charge in [-0.2, -0.15) is 0 Å². The molecule has 0 heterocycles. The van der Waals surface area contributed by atoms with Gasteiger partial charge in [0.2, 0.25) is 0 Å². The molecule has 1 aromatic carbocycles. The summed E-state index contributed by atoms with van der Waals surface area (Å²) in [5.74, 6) is -0.300. The third-order valence-electron chi connectivity index (χ3n) is 2.11. The van der Waals surface area contributed by atoms with Crippen molar-refractivity contribution >= 4 is 23.0 Å². The number of hydrogen-bond donors (Lipinski definition) is 2. The first-order valence-electron chi connectivity index (χ1n) is 4.95. The van der Waals surface area contributed by atoms with Crippen molar-refractivity contribution in [3.8, 4) is 0 Å². The molecule has 0 aliphatic heterocycles. The van der Waals surface area contributed by atoms with Gasteiger partial charge in [-0.25, -0.2) is 4.39 Å². The minimum atomic E-state index is -0.300. The molecule has 0 unspecified atom stereocenters. The Hall–Kier alpha value is -1.16. The molecule has 0 spiro atoms. The van der Waals surface area contributed by atoms with Gasteiger partial charge in [0.1, 0.15) is 5.82 Å². The van der Waals surface area contributed by atoms with Crippen LogP contribution in [0.15, 0.2) is 24.3 Å². The van der Waals surface area contributed by atoms with Gasteiger partial charge in [0, 0.05) is 6.04 Å². The predicted octanol–water partition coefficient (Wildman–Crippen LogP) is 2.91. The number of para-hydroxylation sites is 1. The Kier molecular flexibility index (Phi) is 4.49. The Morgan fingerprint density at radius 2 is 2.13 bits per heavy atom. The van der Waals surface area contributed by atoms with Crippen molar-refractivity contribution in [1.29, 1.82) is 0 Å². The molecule has 0 amide bonds. The van der Waals surface area contributed by atoms with Gasteiger partial charge in [-0.05, 0) is 37.7 Å². The van der Waals surface area contributed by atoms with Crippen molar-refractivity contribution in [2.45, 2.75) is 26.3 Å². The minimum absolute atomic E-state index is 0.289. The SMILES string of the molecule is CC[C@@H](C)NC(=S)Nc1ccccc1F. The molecule has 0 radical (unpaired) electrons. The van der Waals surface area contributed by atoms with Crippen LogP contribution in [0.25, 0.3) is 0 Å². The second kappa shape index (κ2) is 5.66. The van der Waals surface area contributed by atoms with Gasteiger partial charge in [0.25, 0.3) is 0 Å². The first-order chi connectivity index (χ1) is 7.13. The van der Waals surface area contributed by atoms with Crippen LogP contribution in [0.4, 0.5) is 10.1 Å². The fourth-order valence-corrected chi connectivity index (χ4v) is 1.36. The Morgan fingerprint density at radius 1 is 1.47 bits per heavy atom. The smallest absolute Gasteiger partial charge is 0.171 e. The molecule has 82 valence electrons. The largest absolute Gasteiger partial charge is 0.360 e. The van der Waals surface area contributed by atoms with Crippen molar-refractivity contribution in [2.75, 3.05) is 5.32 Å². The molecule has 0 bridgehead atoms. The molecule has 0 saturated carbocycles. The Bertz CT molecular complexity index is 341. The summed E-state index contributed by atoms with van der Waals surface area (Å²) in [4.78, 5) is 0. The third-order valence-corrected chi connectivity index (χ3v) is 2.33. The van der Waals surface area contributed by atoms with Crippen LogP contribution in [0.5, 0.6) is 0 Å². The second-order valence-corrected chi connectivity index (χ2v) is 3.80. The maximum atomic E-state index is 13.2. The van der Waals surface area contributed by atoms with E-state index in [0.29, 0.717) is 10.8 Å². The van der Waals surface area contributed by atoms with Gasteiger partial charge in [0.05, 0.1) is 5.69 Å². The van der Waals surface area contributed by atoms with Crippen molar-refractivity contribution in [3.63, 3.8) is 0 Å². The highest BCUT2D eigenvalue weighted by Gasteiger charge is 2.04. The van der Waals surface area contributed by atoms with E-state index in [9.17, 15) is 4.39 Å². The zero-order valence-electron chi connectivity index (χ0n) is 8.88. The van der Waals surface area contributed by atoms with Crippen LogP contribution in [-0.4, -0.2) is 11.2 Å². The fourth-order valence-electron chi connectivity index (χ4n) is 1.05. The van der Waals surface area contributed by atoms with Crippen LogP contribution in [-0.2, 0) is 0 Å². The van der Waals surface area contributed by atoms with E-state index in [1.54, 1.807) is 18.2 Å². The number of thiocarbonyl (C=S) groups is 1. The van der Waals surface area contributed by atoms with Crippen molar-refractivity contribution in [2.24, 2.45) is 0 Å². The summed E-state index contributed by atoms with van der Waals surface area (Å²) in [6, 6.07) is 6.74. The summed E-state index contributed by atoms with van der Waals surface area (Å²) in [5.41, 5.74) is 0.401. The summed E-state index contributed by atoms with van der Waals surface area (Å²) in [7, 11) is 0. The Balaban J connectivity index is 2.55. The maximum Gasteiger partial charge on any atom is 0.171 e. The van der Waals surface area contributed by atoms with E-state index < -0.39 is 0 Å². The molecular weight excluding hydrogens is 211 g/mol. The van der Waals surface area contributed by atoms with Gasteiger partial charge in [0.15, 0.2) is 5.11 Å². The molecule has 1 atom stereocenters. The monoisotopic (exact) mass is 226 g/mol. The molecule has 1 aromatic rings. The van der Waals surface area contributed by atoms with E-state index in [1.165, 1.54) is 6.07 Å². The maximum absolute atomic E-state index is 13.2. The molecule has 0 aromatic heterocycles. The lowest BCUT2D eigenvalue weighted by Crippen LogP contribution is -2.35. The predicted molar refractivity (Wildman–Crippen MR) is 65.5 cm³/mol. The van der Waals surface area contributed by atoms with Crippen molar-refractivity contribution < 1.29 is 4.39 Å². The molecule has 0 aliphatic carbocycles. The van der Waals surface area contributed by atoms with Gasteiger partial charge in [-0.1, -0.05) is 19.1 Å². The Morgan fingerprint density at radius 3 is 2.73 bits per heavy atom. The molecule has 4 heteroatoms. The Labute approximate surface area is 94.9 Å². The van der Waals surface area contributed by atoms with Crippen LogP contribution in [0.1, 0.15) is 20.3 Å². The molecule has 0 fully saturated rings. The number of halogens is 1. The molecule has 2 N–H and O–H groups in total.